The van der Waals surface area contributed by atoms with Crippen LogP contribution < -0.4 is 10.6 Å². The van der Waals surface area contributed by atoms with Crippen LogP contribution in [0.2, 0.25) is 0 Å². The first-order chi connectivity index (χ1) is 7.72. The molecule has 0 atom stereocenters. The molecular weight excluding hydrogens is 204 g/mol. The minimum Gasteiger partial charge on any atom is -0.383 e. The average Bonchev–Trinajstić information content (AvgIpc) is 2.29. The Morgan fingerprint density at radius 2 is 2.00 bits per heavy atom. The summed E-state index contributed by atoms with van der Waals surface area (Å²) in [5.74, 6) is -0.0300. The number of anilines is 1. The zero-order chi connectivity index (χ0) is 11.8. The number of methoxy groups -OCH3 is 1. The molecule has 0 saturated carbocycles. The summed E-state index contributed by atoms with van der Waals surface area (Å²) in [5.41, 5.74) is 2.16. The van der Waals surface area contributed by atoms with Gasteiger partial charge in [-0.3, -0.25) is 4.79 Å². The van der Waals surface area contributed by atoms with Crippen LogP contribution in [-0.2, 0) is 9.53 Å². The van der Waals surface area contributed by atoms with Gasteiger partial charge in [-0.25, -0.2) is 0 Å². The van der Waals surface area contributed by atoms with Crippen LogP contribution in [0, 0.1) is 6.92 Å². The van der Waals surface area contributed by atoms with Crippen molar-refractivity contribution in [3.8, 4) is 0 Å². The highest BCUT2D eigenvalue weighted by molar-refractivity contribution is 5.80. The maximum atomic E-state index is 11.3. The van der Waals surface area contributed by atoms with Crippen molar-refractivity contribution in [1.82, 2.24) is 5.32 Å². The summed E-state index contributed by atoms with van der Waals surface area (Å²) in [7, 11) is 1.61. The lowest BCUT2D eigenvalue weighted by molar-refractivity contribution is -0.119. The van der Waals surface area contributed by atoms with E-state index in [0.717, 1.165) is 5.69 Å². The molecule has 0 radical (unpaired) electrons. The Bertz CT molecular complexity index is 322. The summed E-state index contributed by atoms with van der Waals surface area (Å²) < 4.78 is 4.83. The molecule has 1 aromatic carbocycles. The third kappa shape index (κ3) is 4.79. The van der Waals surface area contributed by atoms with Gasteiger partial charge in [-0.1, -0.05) is 17.7 Å². The van der Waals surface area contributed by atoms with Crippen LogP contribution in [0.5, 0.6) is 0 Å². The molecule has 2 N–H and O–H groups in total. The van der Waals surface area contributed by atoms with Crippen LogP contribution in [0.4, 0.5) is 5.69 Å². The second kappa shape index (κ2) is 6.85. The van der Waals surface area contributed by atoms with Gasteiger partial charge in [0.25, 0.3) is 0 Å². The van der Waals surface area contributed by atoms with Crippen molar-refractivity contribution < 1.29 is 9.53 Å². The maximum absolute atomic E-state index is 11.3. The molecule has 0 heterocycles. The van der Waals surface area contributed by atoms with Gasteiger partial charge >= 0.3 is 0 Å². The second-order valence-corrected chi connectivity index (χ2v) is 3.56. The maximum Gasteiger partial charge on any atom is 0.239 e. The molecule has 0 aromatic heterocycles. The van der Waals surface area contributed by atoms with Crippen molar-refractivity contribution >= 4 is 11.6 Å². The molecule has 0 unspecified atom stereocenters. The van der Waals surface area contributed by atoms with Gasteiger partial charge in [-0.05, 0) is 19.1 Å². The van der Waals surface area contributed by atoms with E-state index in [1.807, 2.05) is 31.2 Å². The lowest BCUT2D eigenvalue weighted by Gasteiger charge is -2.07. The number of benzene rings is 1. The minimum absolute atomic E-state index is 0.0300. The molecule has 0 aliphatic rings. The van der Waals surface area contributed by atoms with Crippen LogP contribution in [-0.4, -0.2) is 32.7 Å². The van der Waals surface area contributed by atoms with E-state index < -0.39 is 0 Å². The van der Waals surface area contributed by atoms with E-state index in [9.17, 15) is 4.79 Å². The highest BCUT2D eigenvalue weighted by Crippen LogP contribution is 2.07. The number of amides is 1. The molecule has 16 heavy (non-hydrogen) atoms. The Balaban J connectivity index is 2.23. The zero-order valence-electron chi connectivity index (χ0n) is 9.75. The largest absolute Gasteiger partial charge is 0.383 e. The first-order valence-corrected chi connectivity index (χ1v) is 5.28. The van der Waals surface area contributed by atoms with E-state index in [4.69, 9.17) is 4.74 Å². The van der Waals surface area contributed by atoms with Gasteiger partial charge in [-0.2, -0.15) is 0 Å². The number of carbonyl (C=O) groups excluding carboxylic acids is 1. The first-order valence-electron chi connectivity index (χ1n) is 5.28. The SMILES string of the molecule is COCCNC(=O)CNc1ccc(C)cc1. The monoisotopic (exact) mass is 222 g/mol. The summed E-state index contributed by atoms with van der Waals surface area (Å²) in [6.07, 6.45) is 0. The van der Waals surface area contributed by atoms with Crippen molar-refractivity contribution in [2.24, 2.45) is 0 Å². The van der Waals surface area contributed by atoms with Gasteiger partial charge in [0.2, 0.25) is 5.91 Å². The van der Waals surface area contributed by atoms with Crippen molar-refractivity contribution in [2.45, 2.75) is 6.92 Å². The van der Waals surface area contributed by atoms with Crippen LogP contribution in [0.1, 0.15) is 5.56 Å². The topological polar surface area (TPSA) is 50.4 Å². The van der Waals surface area contributed by atoms with E-state index in [0.29, 0.717) is 13.2 Å². The number of ether oxygens (including phenoxy) is 1. The second-order valence-electron chi connectivity index (χ2n) is 3.56. The predicted octanol–water partition coefficient (Wildman–Crippen LogP) is 1.17. The number of rotatable bonds is 6. The fourth-order valence-corrected chi connectivity index (χ4v) is 1.21. The number of nitrogens with one attached hydrogen (secondary N) is 2. The molecule has 4 nitrogen and oxygen atoms in total. The average molecular weight is 222 g/mol. The van der Waals surface area contributed by atoms with Crippen molar-refractivity contribution in [1.29, 1.82) is 0 Å². The third-order valence-electron chi connectivity index (χ3n) is 2.13. The Hall–Kier alpha value is -1.55. The van der Waals surface area contributed by atoms with E-state index in [1.165, 1.54) is 5.56 Å². The first kappa shape index (κ1) is 12.5. The summed E-state index contributed by atoms with van der Waals surface area (Å²) >= 11 is 0. The molecule has 88 valence electrons. The lowest BCUT2D eigenvalue weighted by Crippen LogP contribution is -2.32. The van der Waals surface area contributed by atoms with E-state index >= 15 is 0 Å². The highest BCUT2D eigenvalue weighted by atomic mass is 16.5. The summed E-state index contributed by atoms with van der Waals surface area (Å²) in [6, 6.07) is 7.92. The quantitative estimate of drug-likeness (QED) is 0.710. The number of carbonyl (C=O) groups is 1. The van der Waals surface area contributed by atoms with Gasteiger partial charge in [0.05, 0.1) is 13.2 Å². The Labute approximate surface area is 96.0 Å². The molecule has 0 aliphatic heterocycles. The Morgan fingerprint density at radius 1 is 1.31 bits per heavy atom. The Kier molecular flexibility index (Phi) is 5.36. The highest BCUT2D eigenvalue weighted by Gasteiger charge is 1.99. The minimum atomic E-state index is -0.0300. The number of hydrogen-bond acceptors (Lipinski definition) is 3. The third-order valence-corrected chi connectivity index (χ3v) is 2.13. The van der Waals surface area contributed by atoms with Crippen LogP contribution in [0.15, 0.2) is 24.3 Å². The normalized spacial score (nSPS) is 9.88. The molecule has 1 rings (SSSR count). The van der Waals surface area contributed by atoms with Crippen molar-refractivity contribution in [2.75, 3.05) is 32.1 Å². The predicted molar refractivity (Wildman–Crippen MR) is 64.6 cm³/mol. The van der Waals surface area contributed by atoms with Crippen molar-refractivity contribution in [3.05, 3.63) is 29.8 Å². The fraction of sp³-hybridized carbons (Fsp3) is 0.417. The molecule has 4 heteroatoms. The molecule has 1 amide bonds. The van der Waals surface area contributed by atoms with Crippen LogP contribution in [0.3, 0.4) is 0 Å². The van der Waals surface area contributed by atoms with E-state index in [2.05, 4.69) is 10.6 Å². The summed E-state index contributed by atoms with van der Waals surface area (Å²) in [5, 5.41) is 5.78. The molecule has 0 fully saturated rings. The number of aryl methyl sites for hydroxylation is 1. The van der Waals surface area contributed by atoms with Gasteiger partial charge in [0, 0.05) is 19.3 Å². The lowest BCUT2D eigenvalue weighted by atomic mass is 10.2. The van der Waals surface area contributed by atoms with Gasteiger partial charge in [-0.15, -0.1) is 0 Å². The molecule has 0 saturated heterocycles. The number of hydrogen-bond donors (Lipinski definition) is 2. The van der Waals surface area contributed by atoms with Gasteiger partial charge in [0.1, 0.15) is 0 Å². The van der Waals surface area contributed by atoms with Crippen molar-refractivity contribution in [3.63, 3.8) is 0 Å². The molecule has 0 bridgehead atoms. The van der Waals surface area contributed by atoms with E-state index in [1.54, 1.807) is 7.11 Å². The smallest absolute Gasteiger partial charge is 0.239 e. The summed E-state index contributed by atoms with van der Waals surface area (Å²) in [6.45, 7) is 3.40. The van der Waals surface area contributed by atoms with Crippen LogP contribution >= 0.6 is 0 Å². The Morgan fingerprint density at radius 3 is 2.62 bits per heavy atom. The van der Waals surface area contributed by atoms with Crippen LogP contribution in [0.25, 0.3) is 0 Å². The molecule has 0 aliphatic carbocycles. The summed E-state index contributed by atoms with van der Waals surface area (Å²) in [4.78, 5) is 11.3. The molecule has 0 spiro atoms. The molecular formula is C12H18N2O2. The van der Waals surface area contributed by atoms with Gasteiger partial charge < -0.3 is 15.4 Å². The standard InChI is InChI=1S/C12H18N2O2/c1-10-3-5-11(6-4-10)14-9-12(15)13-7-8-16-2/h3-6,14H,7-9H2,1-2H3,(H,13,15). The van der Waals surface area contributed by atoms with Gasteiger partial charge in [0.15, 0.2) is 0 Å². The zero-order valence-corrected chi connectivity index (χ0v) is 9.75. The fourth-order valence-electron chi connectivity index (χ4n) is 1.21. The molecule has 1 aromatic rings. The van der Waals surface area contributed by atoms with E-state index in [-0.39, 0.29) is 12.5 Å².